The third-order valence-electron chi connectivity index (χ3n) is 4.18. The fourth-order valence-electron chi connectivity index (χ4n) is 2.78. The number of hydrogen-bond acceptors (Lipinski definition) is 7. The van der Waals surface area contributed by atoms with E-state index in [9.17, 15) is 10.0 Å². The van der Waals surface area contributed by atoms with Crippen molar-refractivity contribution in [3.05, 3.63) is 52.7 Å². The number of hydrogen-bond donors (Lipinski definition) is 0. The van der Waals surface area contributed by atoms with E-state index in [-0.39, 0.29) is 5.95 Å². The lowest BCUT2D eigenvalue weighted by Crippen LogP contribution is -2.35. The van der Waals surface area contributed by atoms with Gasteiger partial charge in [0.2, 0.25) is 0 Å². The average Bonchev–Trinajstić information content (AvgIpc) is 2.70. The summed E-state index contributed by atoms with van der Waals surface area (Å²) in [6.45, 7) is 6.14. The third kappa shape index (κ3) is 4.65. The summed E-state index contributed by atoms with van der Waals surface area (Å²) < 4.78 is 10.5. The number of carbonyl (C=O) groups is 1. The quantitative estimate of drug-likeness (QED) is 0.331. The number of carbonyl (C=O) groups excluding carboxylic acids is 1. The van der Waals surface area contributed by atoms with Crippen molar-refractivity contribution in [2.24, 2.45) is 0 Å². The highest BCUT2D eigenvalue weighted by Crippen LogP contribution is 2.26. The van der Waals surface area contributed by atoms with Gasteiger partial charge in [0, 0.05) is 23.3 Å². The Morgan fingerprint density at radius 1 is 1.24 bits per heavy atom. The highest BCUT2D eigenvalue weighted by Gasteiger charge is 2.19. The zero-order valence-electron chi connectivity index (χ0n) is 16.3. The molecule has 0 aliphatic carbocycles. The molecule has 3 rings (SSSR count). The molecule has 0 radical (unpaired) electrons. The van der Waals surface area contributed by atoms with Gasteiger partial charge < -0.3 is 19.6 Å². The first-order chi connectivity index (χ1) is 13.9. The Morgan fingerprint density at radius 2 is 1.97 bits per heavy atom. The number of ether oxygens (including phenoxy) is 2. The fourth-order valence-corrected chi connectivity index (χ4v) is 2.95. The van der Waals surface area contributed by atoms with Crippen LogP contribution in [-0.4, -0.2) is 35.3 Å². The standard InChI is InChI=1S/C20H21ClN4O4/c1-4-24(20-22-17-11-6-14(21)12-18(17)25(27)23-20)15-7-9-16(10-8-15)29-13(3)19(26)28-5-2/h6-13H,4-5H2,1-3H3. The molecule has 0 N–H and O–H groups in total. The van der Waals surface area contributed by atoms with E-state index in [2.05, 4.69) is 10.1 Å². The van der Waals surface area contributed by atoms with E-state index in [1.54, 1.807) is 55.1 Å². The summed E-state index contributed by atoms with van der Waals surface area (Å²) in [5.74, 6) is 0.376. The Labute approximate surface area is 173 Å². The Bertz CT molecular complexity index is 1010. The van der Waals surface area contributed by atoms with Crippen molar-refractivity contribution in [2.75, 3.05) is 18.1 Å². The predicted octanol–water partition coefficient (Wildman–Crippen LogP) is 3.41. The van der Waals surface area contributed by atoms with Crippen LogP contribution in [0.5, 0.6) is 5.75 Å². The molecule has 3 aromatic rings. The van der Waals surface area contributed by atoms with Gasteiger partial charge in [-0.1, -0.05) is 11.6 Å². The van der Waals surface area contributed by atoms with E-state index in [4.69, 9.17) is 21.1 Å². The molecule has 1 heterocycles. The molecule has 0 fully saturated rings. The summed E-state index contributed by atoms with van der Waals surface area (Å²) in [6.07, 6.45) is -0.710. The summed E-state index contributed by atoms with van der Waals surface area (Å²) in [5.41, 5.74) is 1.57. The lowest BCUT2D eigenvalue weighted by atomic mass is 10.2. The average molecular weight is 417 g/mol. The van der Waals surface area contributed by atoms with Crippen LogP contribution >= 0.6 is 11.6 Å². The van der Waals surface area contributed by atoms with Gasteiger partial charge in [0.25, 0.3) is 11.5 Å². The van der Waals surface area contributed by atoms with Crippen molar-refractivity contribution in [1.82, 2.24) is 10.1 Å². The number of aromatic nitrogens is 3. The van der Waals surface area contributed by atoms with E-state index in [0.29, 0.717) is 39.8 Å². The van der Waals surface area contributed by atoms with Gasteiger partial charge in [0.1, 0.15) is 11.3 Å². The number of benzene rings is 2. The monoisotopic (exact) mass is 416 g/mol. The minimum absolute atomic E-state index is 0.269. The van der Waals surface area contributed by atoms with Crippen LogP contribution in [0.25, 0.3) is 11.0 Å². The van der Waals surface area contributed by atoms with E-state index in [1.165, 1.54) is 6.07 Å². The highest BCUT2D eigenvalue weighted by molar-refractivity contribution is 6.31. The molecule has 1 atom stereocenters. The zero-order chi connectivity index (χ0) is 21.0. The van der Waals surface area contributed by atoms with Crippen LogP contribution in [-0.2, 0) is 9.53 Å². The molecule has 1 unspecified atom stereocenters. The van der Waals surface area contributed by atoms with E-state index in [0.717, 1.165) is 5.69 Å². The molecule has 9 heteroatoms. The molecular formula is C20H21ClN4O4. The summed E-state index contributed by atoms with van der Waals surface area (Å²) in [7, 11) is 0. The van der Waals surface area contributed by atoms with Crippen molar-refractivity contribution in [2.45, 2.75) is 26.9 Å². The van der Waals surface area contributed by atoms with Crippen LogP contribution in [0.1, 0.15) is 20.8 Å². The van der Waals surface area contributed by atoms with Gasteiger partial charge in [-0.3, -0.25) is 0 Å². The normalized spacial score (nSPS) is 11.9. The van der Waals surface area contributed by atoms with Crippen LogP contribution in [0.2, 0.25) is 5.02 Å². The molecule has 152 valence electrons. The SMILES string of the molecule is CCOC(=O)C(C)Oc1ccc(N(CC)c2nc3ccc(Cl)cc3[n+]([O-])n2)cc1. The molecule has 1 aromatic heterocycles. The van der Waals surface area contributed by atoms with Crippen LogP contribution in [0.4, 0.5) is 11.6 Å². The molecule has 0 saturated carbocycles. The van der Waals surface area contributed by atoms with Gasteiger partial charge in [-0.2, -0.15) is 0 Å². The van der Waals surface area contributed by atoms with Crippen LogP contribution in [0.15, 0.2) is 42.5 Å². The number of rotatable bonds is 7. The summed E-state index contributed by atoms with van der Waals surface area (Å²) in [5, 5.41) is 16.8. The van der Waals surface area contributed by atoms with Gasteiger partial charge in [-0.15, -0.1) is 0 Å². The molecule has 0 spiro atoms. The summed E-state index contributed by atoms with van der Waals surface area (Å²) >= 11 is 5.94. The molecule has 0 aliphatic heterocycles. The van der Waals surface area contributed by atoms with Crippen molar-refractivity contribution in [1.29, 1.82) is 0 Å². The number of esters is 1. The Hall–Kier alpha value is -3.13. The molecule has 0 amide bonds. The minimum Gasteiger partial charge on any atom is -0.594 e. The second-order valence-electron chi connectivity index (χ2n) is 6.17. The molecule has 29 heavy (non-hydrogen) atoms. The fraction of sp³-hybridized carbons (Fsp3) is 0.300. The topological polar surface area (TPSA) is 91.5 Å². The van der Waals surface area contributed by atoms with Crippen molar-refractivity contribution in [3.8, 4) is 5.75 Å². The Morgan fingerprint density at radius 3 is 2.62 bits per heavy atom. The molecular weight excluding hydrogens is 396 g/mol. The predicted molar refractivity (Wildman–Crippen MR) is 109 cm³/mol. The highest BCUT2D eigenvalue weighted by atomic mass is 35.5. The minimum atomic E-state index is -0.710. The summed E-state index contributed by atoms with van der Waals surface area (Å²) in [6, 6.07) is 12.0. The van der Waals surface area contributed by atoms with E-state index >= 15 is 0 Å². The second-order valence-corrected chi connectivity index (χ2v) is 6.60. The first-order valence-corrected chi connectivity index (χ1v) is 9.58. The molecule has 2 aromatic carbocycles. The van der Waals surface area contributed by atoms with Crippen molar-refractivity contribution >= 4 is 40.2 Å². The van der Waals surface area contributed by atoms with E-state index < -0.39 is 12.1 Å². The lowest BCUT2D eigenvalue weighted by molar-refractivity contribution is -0.641. The maximum atomic E-state index is 12.3. The van der Waals surface area contributed by atoms with Crippen LogP contribution in [0, 0.1) is 5.21 Å². The molecule has 0 saturated heterocycles. The number of anilines is 2. The van der Waals surface area contributed by atoms with Crippen molar-refractivity contribution in [3.63, 3.8) is 0 Å². The Balaban J connectivity index is 1.84. The third-order valence-corrected chi connectivity index (χ3v) is 4.42. The van der Waals surface area contributed by atoms with Crippen LogP contribution in [0.3, 0.4) is 0 Å². The van der Waals surface area contributed by atoms with Crippen LogP contribution < -0.4 is 14.5 Å². The first kappa shape index (κ1) is 20.6. The maximum absolute atomic E-state index is 12.3. The molecule has 8 nitrogen and oxygen atoms in total. The zero-order valence-corrected chi connectivity index (χ0v) is 17.1. The van der Waals surface area contributed by atoms with Crippen molar-refractivity contribution < 1.29 is 19.1 Å². The van der Waals surface area contributed by atoms with Gasteiger partial charge in [0.05, 0.1) is 11.7 Å². The number of halogens is 1. The summed E-state index contributed by atoms with van der Waals surface area (Å²) in [4.78, 5) is 18.5. The van der Waals surface area contributed by atoms with Gasteiger partial charge >= 0.3 is 5.97 Å². The molecule has 0 bridgehead atoms. The first-order valence-electron chi connectivity index (χ1n) is 9.21. The molecule has 0 aliphatic rings. The maximum Gasteiger partial charge on any atom is 0.347 e. The van der Waals surface area contributed by atoms with Gasteiger partial charge in [-0.05, 0) is 62.0 Å². The van der Waals surface area contributed by atoms with E-state index in [1.807, 2.05) is 6.92 Å². The van der Waals surface area contributed by atoms with Gasteiger partial charge in [-0.25, -0.2) is 9.78 Å². The van der Waals surface area contributed by atoms with Gasteiger partial charge in [0.15, 0.2) is 6.10 Å². The number of nitrogens with zero attached hydrogens (tertiary/aromatic N) is 4. The Kier molecular flexibility index (Phi) is 6.33. The second kappa shape index (κ2) is 8.91. The lowest BCUT2D eigenvalue weighted by Gasteiger charge is -2.20. The number of fused-ring (bicyclic) bond motifs is 1. The smallest absolute Gasteiger partial charge is 0.347 e. The largest absolute Gasteiger partial charge is 0.594 e.